The van der Waals surface area contributed by atoms with Gasteiger partial charge in [-0.05, 0) is 12.3 Å². The molecule has 1 saturated heterocycles. The SMILES string of the molecule is CC(C)CCN=C(N)NCCN1C(=O)CNC1=O.I. The van der Waals surface area contributed by atoms with E-state index in [1.165, 1.54) is 0 Å². The van der Waals surface area contributed by atoms with Gasteiger partial charge >= 0.3 is 6.03 Å². The second-order valence-electron chi connectivity index (χ2n) is 4.58. The van der Waals surface area contributed by atoms with Gasteiger partial charge < -0.3 is 16.4 Å². The summed E-state index contributed by atoms with van der Waals surface area (Å²) in [5, 5.41) is 5.33. The zero-order valence-electron chi connectivity index (χ0n) is 11.3. The van der Waals surface area contributed by atoms with Crippen LogP contribution < -0.4 is 16.4 Å². The van der Waals surface area contributed by atoms with E-state index in [1.54, 1.807) is 0 Å². The van der Waals surface area contributed by atoms with Crippen molar-refractivity contribution in [3.8, 4) is 0 Å². The fourth-order valence-corrected chi connectivity index (χ4v) is 1.48. The molecule has 1 aliphatic rings. The third kappa shape index (κ3) is 6.60. The number of imide groups is 1. The molecule has 19 heavy (non-hydrogen) atoms. The Labute approximate surface area is 130 Å². The van der Waals surface area contributed by atoms with Gasteiger partial charge in [-0.2, -0.15) is 0 Å². The number of urea groups is 1. The van der Waals surface area contributed by atoms with Crippen LogP contribution in [0.5, 0.6) is 0 Å². The van der Waals surface area contributed by atoms with Gasteiger partial charge in [0.15, 0.2) is 5.96 Å². The molecule has 0 aliphatic carbocycles. The van der Waals surface area contributed by atoms with Crippen molar-refractivity contribution >= 4 is 41.9 Å². The normalized spacial score (nSPS) is 15.5. The van der Waals surface area contributed by atoms with Crippen molar-refractivity contribution < 1.29 is 9.59 Å². The summed E-state index contributed by atoms with van der Waals surface area (Å²) in [4.78, 5) is 27.8. The number of guanidine groups is 1. The lowest BCUT2D eigenvalue weighted by Gasteiger charge is -2.13. The number of halogens is 1. The van der Waals surface area contributed by atoms with E-state index in [2.05, 4.69) is 29.5 Å². The number of rotatable bonds is 6. The van der Waals surface area contributed by atoms with Crippen molar-refractivity contribution in [2.75, 3.05) is 26.2 Å². The van der Waals surface area contributed by atoms with Crippen molar-refractivity contribution in [1.82, 2.24) is 15.5 Å². The Morgan fingerprint density at radius 1 is 1.53 bits per heavy atom. The molecule has 8 heteroatoms. The highest BCUT2D eigenvalue weighted by Crippen LogP contribution is 1.98. The van der Waals surface area contributed by atoms with Crippen LogP contribution >= 0.6 is 24.0 Å². The number of amides is 3. The van der Waals surface area contributed by atoms with Crippen LogP contribution in [-0.2, 0) is 4.79 Å². The van der Waals surface area contributed by atoms with Crippen LogP contribution in [0.3, 0.4) is 0 Å². The minimum Gasteiger partial charge on any atom is -0.370 e. The number of nitrogens with zero attached hydrogens (tertiary/aromatic N) is 2. The van der Waals surface area contributed by atoms with Gasteiger partial charge in [0, 0.05) is 19.6 Å². The molecule has 1 heterocycles. The molecule has 0 aromatic rings. The second-order valence-corrected chi connectivity index (χ2v) is 4.58. The van der Waals surface area contributed by atoms with Gasteiger partial charge in [-0.3, -0.25) is 14.7 Å². The summed E-state index contributed by atoms with van der Waals surface area (Å²) >= 11 is 0. The quantitative estimate of drug-likeness (QED) is 0.262. The molecule has 110 valence electrons. The lowest BCUT2D eigenvalue weighted by atomic mass is 10.1. The number of hydrogen-bond acceptors (Lipinski definition) is 3. The minimum absolute atomic E-state index is 0. The molecule has 1 fully saturated rings. The molecule has 0 unspecified atom stereocenters. The summed E-state index contributed by atoms with van der Waals surface area (Å²) < 4.78 is 0. The van der Waals surface area contributed by atoms with E-state index in [1.807, 2.05) is 0 Å². The van der Waals surface area contributed by atoms with E-state index in [0.29, 0.717) is 31.5 Å². The summed E-state index contributed by atoms with van der Waals surface area (Å²) in [6.45, 7) is 5.71. The Morgan fingerprint density at radius 2 is 2.21 bits per heavy atom. The first-order chi connectivity index (χ1) is 8.50. The van der Waals surface area contributed by atoms with Gasteiger partial charge in [-0.15, -0.1) is 24.0 Å². The number of hydrogen-bond donors (Lipinski definition) is 3. The zero-order valence-corrected chi connectivity index (χ0v) is 13.6. The van der Waals surface area contributed by atoms with Gasteiger partial charge in [0.25, 0.3) is 0 Å². The molecule has 0 aromatic carbocycles. The van der Waals surface area contributed by atoms with Crippen molar-refractivity contribution in [3.63, 3.8) is 0 Å². The van der Waals surface area contributed by atoms with Crippen molar-refractivity contribution in [2.24, 2.45) is 16.6 Å². The Morgan fingerprint density at radius 3 is 2.74 bits per heavy atom. The first-order valence-electron chi connectivity index (χ1n) is 6.12. The standard InChI is InChI=1S/C11H21N5O2.HI/c1-8(2)3-4-13-10(12)14-5-6-16-9(17)7-15-11(16)18;/h8H,3-7H2,1-2H3,(H,15,18)(H3,12,13,14);1H. The van der Waals surface area contributed by atoms with E-state index in [0.717, 1.165) is 11.3 Å². The van der Waals surface area contributed by atoms with Gasteiger partial charge in [0.2, 0.25) is 5.91 Å². The number of nitrogens with two attached hydrogens (primary N) is 1. The molecular weight excluding hydrogens is 361 g/mol. The predicted octanol–water partition coefficient (Wildman–Crippen LogP) is 0.107. The Kier molecular flexibility index (Phi) is 8.44. The van der Waals surface area contributed by atoms with Crippen LogP contribution in [0.2, 0.25) is 0 Å². The van der Waals surface area contributed by atoms with Crippen LogP contribution in [-0.4, -0.2) is 49.0 Å². The Hall–Kier alpha value is -1.06. The summed E-state index contributed by atoms with van der Waals surface area (Å²) in [7, 11) is 0. The largest absolute Gasteiger partial charge is 0.370 e. The van der Waals surface area contributed by atoms with Crippen molar-refractivity contribution in [2.45, 2.75) is 20.3 Å². The monoisotopic (exact) mass is 383 g/mol. The lowest BCUT2D eigenvalue weighted by molar-refractivity contribution is -0.124. The van der Waals surface area contributed by atoms with Gasteiger partial charge in [-0.25, -0.2) is 4.79 Å². The first-order valence-corrected chi connectivity index (χ1v) is 6.12. The predicted molar refractivity (Wildman–Crippen MR) is 84.5 cm³/mol. The van der Waals surface area contributed by atoms with Crippen LogP contribution in [0.25, 0.3) is 0 Å². The first kappa shape index (κ1) is 17.9. The van der Waals surface area contributed by atoms with E-state index >= 15 is 0 Å². The smallest absolute Gasteiger partial charge is 0.324 e. The average Bonchev–Trinajstić information content (AvgIpc) is 2.60. The highest BCUT2D eigenvalue weighted by atomic mass is 127. The van der Waals surface area contributed by atoms with E-state index in [4.69, 9.17) is 5.73 Å². The number of carbonyl (C=O) groups is 2. The lowest BCUT2D eigenvalue weighted by Crippen LogP contribution is -2.41. The maximum absolute atomic E-state index is 11.3. The average molecular weight is 383 g/mol. The molecule has 0 atom stereocenters. The third-order valence-corrected chi connectivity index (χ3v) is 2.57. The molecule has 3 amide bonds. The maximum atomic E-state index is 11.3. The topological polar surface area (TPSA) is 99.8 Å². The number of aliphatic imine (C=N–C) groups is 1. The molecule has 7 nitrogen and oxygen atoms in total. The van der Waals surface area contributed by atoms with Gasteiger partial charge in [0.05, 0.1) is 6.54 Å². The Bertz CT molecular complexity index is 330. The molecular formula is C11H22IN5O2. The summed E-state index contributed by atoms with van der Waals surface area (Å²) in [5.41, 5.74) is 5.65. The third-order valence-electron chi connectivity index (χ3n) is 2.57. The van der Waals surface area contributed by atoms with Crippen LogP contribution in [0, 0.1) is 5.92 Å². The molecule has 0 radical (unpaired) electrons. The molecule has 1 rings (SSSR count). The zero-order chi connectivity index (χ0) is 13.5. The molecule has 0 bridgehead atoms. The van der Waals surface area contributed by atoms with Crippen molar-refractivity contribution in [1.29, 1.82) is 0 Å². The van der Waals surface area contributed by atoms with E-state index < -0.39 is 0 Å². The summed E-state index contributed by atoms with van der Waals surface area (Å²) in [6, 6.07) is -0.350. The van der Waals surface area contributed by atoms with Crippen LogP contribution in [0.15, 0.2) is 4.99 Å². The van der Waals surface area contributed by atoms with Crippen molar-refractivity contribution in [3.05, 3.63) is 0 Å². The number of nitrogens with one attached hydrogen (secondary N) is 2. The minimum atomic E-state index is -0.350. The molecule has 0 saturated carbocycles. The molecule has 4 N–H and O–H groups in total. The fourth-order valence-electron chi connectivity index (χ4n) is 1.48. The molecule has 0 aromatic heterocycles. The molecule has 0 spiro atoms. The number of carbonyl (C=O) groups excluding carboxylic acids is 2. The van der Waals surface area contributed by atoms with Gasteiger partial charge in [0.1, 0.15) is 0 Å². The second kappa shape index (κ2) is 8.94. The van der Waals surface area contributed by atoms with Crippen LogP contribution in [0.1, 0.15) is 20.3 Å². The van der Waals surface area contributed by atoms with Crippen LogP contribution in [0.4, 0.5) is 4.79 Å². The molecule has 1 aliphatic heterocycles. The van der Waals surface area contributed by atoms with Gasteiger partial charge in [-0.1, -0.05) is 13.8 Å². The summed E-state index contributed by atoms with van der Waals surface area (Å²) in [5.74, 6) is 0.729. The fraction of sp³-hybridized carbons (Fsp3) is 0.727. The highest BCUT2D eigenvalue weighted by Gasteiger charge is 2.27. The van der Waals surface area contributed by atoms with E-state index in [-0.39, 0.29) is 42.5 Å². The van der Waals surface area contributed by atoms with E-state index in [9.17, 15) is 9.59 Å². The highest BCUT2D eigenvalue weighted by molar-refractivity contribution is 14.0. The maximum Gasteiger partial charge on any atom is 0.324 e. The Balaban J connectivity index is 0.00000324. The summed E-state index contributed by atoms with van der Waals surface area (Å²) in [6.07, 6.45) is 0.982.